The zero-order valence-corrected chi connectivity index (χ0v) is 13.2. The Balaban J connectivity index is 4.82. The quantitative estimate of drug-likeness (QED) is 0.420. The van der Waals surface area contributed by atoms with Crippen LogP contribution in [0.15, 0.2) is 4.40 Å². The van der Waals surface area contributed by atoms with Gasteiger partial charge in [-0.2, -0.15) is 17.6 Å². The molecule has 0 unspecified atom stereocenters. The Morgan fingerprint density at radius 3 is 2.20 bits per heavy atom. The summed E-state index contributed by atoms with van der Waals surface area (Å²) in [7, 11) is -1.96. The summed E-state index contributed by atoms with van der Waals surface area (Å²) >= 11 is 0. The van der Waals surface area contributed by atoms with Crippen LogP contribution >= 0.6 is 0 Å². The van der Waals surface area contributed by atoms with Crippen molar-refractivity contribution in [2.75, 3.05) is 0 Å². The number of hydrogen-bond acceptors (Lipinski definition) is 1. The lowest BCUT2D eigenvalue weighted by Crippen LogP contribution is -2.26. The molecule has 0 saturated heterocycles. The van der Waals surface area contributed by atoms with Gasteiger partial charge in [0.2, 0.25) is 5.71 Å². The van der Waals surface area contributed by atoms with E-state index in [0.717, 1.165) is 25.7 Å². The molecule has 0 rings (SSSR count). The number of halogens is 3. The Hall–Kier alpha value is -0.830. The van der Waals surface area contributed by atoms with Crippen molar-refractivity contribution >= 4 is 16.7 Å². The lowest BCUT2D eigenvalue weighted by atomic mass is 10.1. The van der Waals surface area contributed by atoms with E-state index in [1.807, 2.05) is 5.92 Å². The molecule has 116 valence electrons. The average molecular weight is 309 g/mol. The molecule has 0 aliphatic rings. The molecule has 0 amide bonds. The van der Waals surface area contributed by atoms with E-state index in [1.165, 1.54) is 0 Å². The maximum atomic E-state index is 12.7. The highest BCUT2D eigenvalue weighted by Crippen LogP contribution is 2.20. The first-order chi connectivity index (χ1) is 9.09. The van der Waals surface area contributed by atoms with E-state index in [2.05, 4.69) is 17.2 Å². The molecule has 0 aromatic heterocycles. The Morgan fingerprint density at radius 1 is 1.15 bits per heavy atom. The van der Waals surface area contributed by atoms with E-state index < -0.39 is 27.6 Å². The fourth-order valence-corrected chi connectivity index (χ4v) is 1.74. The zero-order valence-electron chi connectivity index (χ0n) is 12.4. The molecule has 0 aliphatic carbocycles. The van der Waals surface area contributed by atoms with Crippen molar-refractivity contribution < 1.29 is 17.4 Å². The van der Waals surface area contributed by atoms with Gasteiger partial charge in [-0.05, 0) is 33.1 Å². The summed E-state index contributed by atoms with van der Waals surface area (Å²) in [4.78, 5) is 0. The summed E-state index contributed by atoms with van der Waals surface area (Å²) in [6.07, 6.45) is -0.413. The average Bonchev–Trinajstić information content (AvgIpc) is 2.29. The number of nitrogens with zero attached hydrogens (tertiary/aromatic N) is 1. The minimum Gasteiger partial charge on any atom is -0.234 e. The van der Waals surface area contributed by atoms with Crippen LogP contribution in [0.25, 0.3) is 0 Å². The molecule has 0 spiro atoms. The van der Waals surface area contributed by atoms with Crippen molar-refractivity contribution in [1.82, 2.24) is 0 Å². The molecule has 2 nitrogen and oxygen atoms in total. The van der Waals surface area contributed by atoms with E-state index in [-0.39, 0.29) is 0 Å². The Kier molecular flexibility index (Phi) is 8.10. The lowest BCUT2D eigenvalue weighted by molar-refractivity contribution is -0.0570. The van der Waals surface area contributed by atoms with Crippen molar-refractivity contribution in [3.05, 3.63) is 0 Å². The predicted molar refractivity (Wildman–Crippen MR) is 77.9 cm³/mol. The first-order valence-electron chi connectivity index (χ1n) is 6.65. The van der Waals surface area contributed by atoms with Crippen LogP contribution in [0.1, 0.15) is 59.8 Å². The summed E-state index contributed by atoms with van der Waals surface area (Å²) in [6, 6.07) is 0. The zero-order chi connectivity index (χ0) is 15.8. The molecule has 0 saturated carbocycles. The normalized spacial score (nSPS) is 14.7. The highest BCUT2D eigenvalue weighted by Gasteiger charge is 2.36. The monoisotopic (exact) mass is 309 g/mol. The molecule has 0 N–H and O–H groups in total. The first-order valence-corrected chi connectivity index (χ1v) is 7.76. The molecular formula is C14H22F3NOS. The van der Waals surface area contributed by atoms with Gasteiger partial charge in [0.1, 0.15) is 11.0 Å². The highest BCUT2D eigenvalue weighted by molar-refractivity contribution is 7.85. The van der Waals surface area contributed by atoms with Crippen molar-refractivity contribution in [3.63, 3.8) is 0 Å². The molecule has 0 bridgehead atoms. The van der Waals surface area contributed by atoms with Gasteiger partial charge in [-0.15, -0.1) is 0 Å². The van der Waals surface area contributed by atoms with Crippen molar-refractivity contribution in [2.24, 2.45) is 4.40 Å². The van der Waals surface area contributed by atoms with Gasteiger partial charge in [0.05, 0.1) is 4.75 Å². The summed E-state index contributed by atoms with van der Waals surface area (Å²) in [5.41, 5.74) is -1.25. The Morgan fingerprint density at radius 2 is 1.75 bits per heavy atom. The molecule has 0 aliphatic heterocycles. The third-order valence-electron chi connectivity index (χ3n) is 2.33. The van der Waals surface area contributed by atoms with E-state index >= 15 is 0 Å². The minimum atomic E-state index is -4.66. The summed E-state index contributed by atoms with van der Waals surface area (Å²) in [5, 5.41) is 0. The molecule has 0 aromatic rings. The van der Waals surface area contributed by atoms with Crippen LogP contribution in [-0.4, -0.2) is 20.8 Å². The van der Waals surface area contributed by atoms with Crippen molar-refractivity contribution in [1.29, 1.82) is 0 Å². The second-order valence-corrected chi connectivity index (χ2v) is 7.32. The SMILES string of the molecule is CCCCCCC#CC(=N[S@](=O)C(C)(C)C)C(F)(F)F. The van der Waals surface area contributed by atoms with Gasteiger partial charge in [0.25, 0.3) is 0 Å². The molecule has 0 aromatic carbocycles. The van der Waals surface area contributed by atoms with Gasteiger partial charge in [0, 0.05) is 6.42 Å². The van der Waals surface area contributed by atoms with Gasteiger partial charge >= 0.3 is 6.18 Å². The van der Waals surface area contributed by atoms with Gasteiger partial charge in [-0.25, -0.2) is 4.21 Å². The minimum absolute atomic E-state index is 0.400. The fourth-order valence-electron chi connectivity index (χ4n) is 1.15. The number of alkyl halides is 3. The van der Waals surface area contributed by atoms with Crippen LogP contribution < -0.4 is 0 Å². The summed E-state index contributed by atoms with van der Waals surface area (Å²) in [6.45, 7) is 6.76. The maximum absolute atomic E-state index is 12.7. The van der Waals surface area contributed by atoms with Crippen molar-refractivity contribution in [3.8, 4) is 11.8 Å². The Bertz CT molecular complexity index is 411. The predicted octanol–water partition coefficient (Wildman–Crippen LogP) is 4.43. The highest BCUT2D eigenvalue weighted by atomic mass is 32.2. The van der Waals surface area contributed by atoms with Crippen LogP contribution in [0.3, 0.4) is 0 Å². The van der Waals surface area contributed by atoms with Crippen LogP contribution in [-0.2, 0) is 11.0 Å². The molecule has 6 heteroatoms. The molecule has 1 atom stereocenters. The molecular weight excluding hydrogens is 287 g/mol. The third-order valence-corrected chi connectivity index (χ3v) is 3.72. The standard InChI is InChI=1S/C14H22F3NOS/c1-5-6-7-8-9-10-11-12(14(15,16)17)18-20(19)13(2,3)4/h5-9H2,1-4H3/t20-/m1/s1. The van der Waals surface area contributed by atoms with E-state index in [4.69, 9.17) is 0 Å². The van der Waals surface area contributed by atoms with E-state index in [9.17, 15) is 17.4 Å². The number of unbranched alkanes of at least 4 members (excludes halogenated alkanes) is 4. The lowest BCUT2D eigenvalue weighted by Gasteiger charge is -2.14. The number of rotatable bonds is 5. The number of hydrogen-bond donors (Lipinski definition) is 0. The smallest absolute Gasteiger partial charge is 0.234 e. The largest absolute Gasteiger partial charge is 0.442 e. The Labute approximate surface area is 121 Å². The van der Waals surface area contributed by atoms with E-state index in [1.54, 1.807) is 20.8 Å². The fraction of sp³-hybridized carbons (Fsp3) is 0.786. The van der Waals surface area contributed by atoms with Crippen LogP contribution in [0.4, 0.5) is 13.2 Å². The second-order valence-electron chi connectivity index (χ2n) is 5.41. The first kappa shape index (κ1) is 19.2. The third kappa shape index (κ3) is 8.36. The van der Waals surface area contributed by atoms with Crippen LogP contribution in [0.2, 0.25) is 0 Å². The molecule has 0 fully saturated rings. The summed E-state index contributed by atoms with van der Waals surface area (Å²) in [5.74, 6) is 4.49. The topological polar surface area (TPSA) is 29.4 Å². The van der Waals surface area contributed by atoms with Gasteiger partial charge in [-0.1, -0.05) is 32.1 Å². The summed E-state index contributed by atoms with van der Waals surface area (Å²) < 4.78 is 52.3. The molecule has 0 radical (unpaired) electrons. The van der Waals surface area contributed by atoms with Crippen LogP contribution in [0, 0.1) is 11.8 Å². The molecule has 20 heavy (non-hydrogen) atoms. The van der Waals surface area contributed by atoms with Crippen LogP contribution in [0.5, 0.6) is 0 Å². The second kappa shape index (κ2) is 8.46. The maximum Gasteiger partial charge on any atom is 0.442 e. The van der Waals surface area contributed by atoms with Gasteiger partial charge in [-0.3, -0.25) is 0 Å². The molecule has 0 heterocycles. The van der Waals surface area contributed by atoms with E-state index in [0.29, 0.717) is 6.42 Å². The van der Waals surface area contributed by atoms with Gasteiger partial charge in [0.15, 0.2) is 0 Å². The van der Waals surface area contributed by atoms with Crippen molar-refractivity contribution in [2.45, 2.75) is 70.7 Å². The van der Waals surface area contributed by atoms with Gasteiger partial charge < -0.3 is 0 Å².